The molecule has 0 radical (unpaired) electrons. The van der Waals surface area contributed by atoms with Gasteiger partial charge in [-0.3, -0.25) is 0 Å². The van der Waals surface area contributed by atoms with Crippen LogP contribution in [0.25, 0.3) is 20.4 Å². The highest BCUT2D eigenvalue weighted by Crippen LogP contribution is 2.38. The first-order valence-corrected chi connectivity index (χ1v) is 9.07. The molecule has 4 heterocycles. The van der Waals surface area contributed by atoms with Crippen molar-refractivity contribution in [2.75, 3.05) is 0 Å². The second-order valence-electron chi connectivity index (χ2n) is 6.63. The van der Waals surface area contributed by atoms with Gasteiger partial charge in [-0.15, -0.1) is 11.3 Å². The molecule has 3 aromatic heterocycles. The van der Waals surface area contributed by atoms with Crippen LogP contribution >= 0.6 is 22.9 Å². The molecule has 1 aliphatic rings. The Morgan fingerprint density at radius 1 is 1.30 bits per heavy atom. The summed E-state index contributed by atoms with van der Waals surface area (Å²) in [7, 11) is 0. The van der Waals surface area contributed by atoms with Gasteiger partial charge in [0.2, 0.25) is 0 Å². The lowest BCUT2D eigenvalue weighted by molar-refractivity contribution is -0.0411. The molecule has 0 aliphatic carbocycles. The van der Waals surface area contributed by atoms with Gasteiger partial charge in [-0.2, -0.15) is 0 Å². The zero-order valence-electron chi connectivity index (χ0n) is 13.4. The molecule has 0 atom stereocenters. The molecule has 4 nitrogen and oxygen atoms in total. The van der Waals surface area contributed by atoms with Crippen molar-refractivity contribution in [2.24, 2.45) is 0 Å². The van der Waals surface area contributed by atoms with Gasteiger partial charge in [-0.05, 0) is 26.3 Å². The van der Waals surface area contributed by atoms with E-state index in [2.05, 4.69) is 31.8 Å². The van der Waals surface area contributed by atoms with E-state index in [1.54, 1.807) is 11.3 Å². The molecule has 3 aromatic rings. The maximum atomic E-state index is 6.38. The van der Waals surface area contributed by atoms with Crippen molar-refractivity contribution in [1.82, 2.24) is 15.0 Å². The number of thiophene rings is 1. The Morgan fingerprint density at radius 2 is 2.13 bits per heavy atom. The summed E-state index contributed by atoms with van der Waals surface area (Å²) in [5.41, 5.74) is 3.05. The third-order valence-corrected chi connectivity index (χ3v) is 5.65. The number of fused-ring (bicyclic) bond motifs is 4. The zero-order valence-corrected chi connectivity index (χ0v) is 15.0. The Balaban J connectivity index is 1.95. The van der Waals surface area contributed by atoms with E-state index in [-0.39, 0.29) is 5.60 Å². The van der Waals surface area contributed by atoms with E-state index < -0.39 is 0 Å². The summed E-state index contributed by atoms with van der Waals surface area (Å²) < 4.78 is 6.85. The average molecular weight is 348 g/mol. The molecular weight excluding hydrogens is 330 g/mol. The monoisotopic (exact) mass is 347 g/mol. The second-order valence-corrected chi connectivity index (χ2v) is 7.99. The van der Waals surface area contributed by atoms with E-state index in [4.69, 9.17) is 26.3 Å². The van der Waals surface area contributed by atoms with Crippen molar-refractivity contribution in [3.05, 3.63) is 28.3 Å². The summed E-state index contributed by atoms with van der Waals surface area (Å²) in [5, 5.41) is 1.60. The topological polar surface area (TPSA) is 47.9 Å². The second kappa shape index (κ2) is 5.36. The minimum Gasteiger partial charge on any atom is -0.370 e. The largest absolute Gasteiger partial charge is 0.370 e. The number of rotatable bonds is 2. The van der Waals surface area contributed by atoms with Gasteiger partial charge < -0.3 is 4.74 Å². The Bertz CT molecular complexity index is 919. The molecule has 4 rings (SSSR count). The van der Waals surface area contributed by atoms with Crippen LogP contribution in [0.3, 0.4) is 0 Å². The molecule has 0 spiro atoms. The Labute approximate surface area is 143 Å². The van der Waals surface area contributed by atoms with Gasteiger partial charge in [-0.1, -0.05) is 18.5 Å². The van der Waals surface area contributed by atoms with Gasteiger partial charge in [-0.25, -0.2) is 15.0 Å². The first-order chi connectivity index (χ1) is 11.0. The van der Waals surface area contributed by atoms with Crippen molar-refractivity contribution >= 4 is 43.4 Å². The third-order valence-electron chi connectivity index (χ3n) is 4.17. The van der Waals surface area contributed by atoms with Crippen LogP contribution in [0.2, 0.25) is 5.15 Å². The predicted octanol–water partition coefficient (Wildman–Crippen LogP) is 4.70. The normalized spacial score (nSPS) is 16.9. The van der Waals surface area contributed by atoms with E-state index in [1.165, 1.54) is 0 Å². The van der Waals surface area contributed by atoms with Gasteiger partial charge in [0, 0.05) is 23.8 Å². The average Bonchev–Trinajstić information content (AvgIpc) is 2.83. The molecule has 0 aromatic carbocycles. The smallest absolute Gasteiger partial charge is 0.150 e. The van der Waals surface area contributed by atoms with Crippen LogP contribution in [-0.2, 0) is 24.2 Å². The van der Waals surface area contributed by atoms with E-state index in [0.717, 1.165) is 56.8 Å². The number of aryl methyl sites for hydroxylation is 1. The van der Waals surface area contributed by atoms with E-state index in [9.17, 15) is 0 Å². The van der Waals surface area contributed by atoms with Crippen LogP contribution in [0.4, 0.5) is 0 Å². The Morgan fingerprint density at radius 3 is 2.91 bits per heavy atom. The summed E-state index contributed by atoms with van der Waals surface area (Å²) in [6.45, 7) is 6.92. The van der Waals surface area contributed by atoms with E-state index in [0.29, 0.717) is 11.8 Å². The third kappa shape index (κ3) is 2.61. The summed E-state index contributed by atoms with van der Waals surface area (Å²) in [4.78, 5) is 15.0. The van der Waals surface area contributed by atoms with Crippen molar-refractivity contribution in [3.63, 3.8) is 0 Å². The highest BCUT2D eigenvalue weighted by atomic mass is 35.5. The first-order valence-electron chi connectivity index (χ1n) is 7.88. The van der Waals surface area contributed by atoms with Crippen LogP contribution in [0.15, 0.2) is 6.07 Å². The fraction of sp³-hybridized carbons (Fsp3) is 0.471. The summed E-state index contributed by atoms with van der Waals surface area (Å²) in [6.07, 6.45) is 2.66. The highest BCUT2D eigenvalue weighted by Gasteiger charge is 2.28. The lowest BCUT2D eigenvalue weighted by atomic mass is 9.95. The van der Waals surface area contributed by atoms with E-state index >= 15 is 0 Å². The molecule has 0 saturated carbocycles. The lowest BCUT2D eigenvalue weighted by Gasteiger charge is -2.30. The molecule has 0 N–H and O–H groups in total. The van der Waals surface area contributed by atoms with E-state index in [1.807, 2.05) is 0 Å². The van der Waals surface area contributed by atoms with Crippen molar-refractivity contribution < 1.29 is 4.74 Å². The number of aromatic nitrogens is 3. The molecule has 0 bridgehead atoms. The molecule has 120 valence electrons. The molecule has 0 unspecified atom stereocenters. The predicted molar refractivity (Wildman–Crippen MR) is 94.3 cm³/mol. The number of ether oxygens (including phenoxy) is 1. The van der Waals surface area contributed by atoms with Crippen LogP contribution < -0.4 is 0 Å². The van der Waals surface area contributed by atoms with Crippen LogP contribution in [-0.4, -0.2) is 20.6 Å². The number of hydrogen-bond donors (Lipinski definition) is 0. The molecule has 6 heteroatoms. The standard InChI is InChI=1S/C17H18ClN3OS/c1-4-5-12-20-13-10-6-9-8-22-17(2,3)7-11(9)19-16(10)23-14(13)15(18)21-12/h6H,4-5,7-8H2,1-3H3. The Hall–Kier alpha value is -1.30. The molecular formula is C17H18ClN3OS. The summed E-state index contributed by atoms with van der Waals surface area (Å²) in [6, 6.07) is 2.17. The molecule has 0 saturated heterocycles. The minimum atomic E-state index is -0.157. The van der Waals surface area contributed by atoms with Gasteiger partial charge in [0.15, 0.2) is 5.15 Å². The minimum absolute atomic E-state index is 0.157. The number of hydrogen-bond acceptors (Lipinski definition) is 5. The van der Waals surface area contributed by atoms with Gasteiger partial charge in [0.05, 0.1) is 28.1 Å². The van der Waals surface area contributed by atoms with Crippen LogP contribution in [0.5, 0.6) is 0 Å². The SMILES string of the molecule is CCCc1nc(Cl)c2sc3nc4c(cc3c2n1)COC(C)(C)C4. The van der Waals surface area contributed by atoms with Crippen molar-refractivity contribution in [3.8, 4) is 0 Å². The highest BCUT2D eigenvalue weighted by molar-refractivity contribution is 7.25. The lowest BCUT2D eigenvalue weighted by Crippen LogP contribution is -2.32. The molecule has 0 amide bonds. The first kappa shape index (κ1) is 15.2. The fourth-order valence-corrected chi connectivity index (χ4v) is 4.30. The Kier molecular flexibility index (Phi) is 3.55. The molecule has 23 heavy (non-hydrogen) atoms. The van der Waals surface area contributed by atoms with Crippen molar-refractivity contribution in [2.45, 2.75) is 52.2 Å². The zero-order chi connectivity index (χ0) is 16.2. The maximum Gasteiger partial charge on any atom is 0.150 e. The summed E-state index contributed by atoms with van der Waals surface area (Å²) in [5.74, 6) is 0.805. The molecule has 0 fully saturated rings. The fourth-order valence-electron chi connectivity index (χ4n) is 3.00. The molecule has 1 aliphatic heterocycles. The quantitative estimate of drug-likeness (QED) is 0.630. The van der Waals surface area contributed by atoms with Crippen LogP contribution in [0.1, 0.15) is 44.3 Å². The maximum absolute atomic E-state index is 6.38. The van der Waals surface area contributed by atoms with Crippen molar-refractivity contribution in [1.29, 1.82) is 0 Å². The number of pyridine rings is 1. The van der Waals surface area contributed by atoms with Gasteiger partial charge in [0.1, 0.15) is 10.7 Å². The number of nitrogens with zero attached hydrogens (tertiary/aromatic N) is 3. The van der Waals surface area contributed by atoms with Crippen LogP contribution in [0, 0.1) is 0 Å². The number of halogens is 1. The van der Waals surface area contributed by atoms with Gasteiger partial charge >= 0.3 is 0 Å². The summed E-state index contributed by atoms with van der Waals surface area (Å²) >= 11 is 7.96. The van der Waals surface area contributed by atoms with Gasteiger partial charge in [0.25, 0.3) is 0 Å².